The molecule has 0 spiro atoms. The number of aliphatic hydroxyl groups excluding tert-OH is 1. The van der Waals surface area contributed by atoms with Gasteiger partial charge in [-0.25, -0.2) is 4.68 Å². The minimum absolute atomic E-state index is 0.00393. The van der Waals surface area contributed by atoms with Gasteiger partial charge in [0.05, 0.1) is 0 Å². The van der Waals surface area contributed by atoms with Gasteiger partial charge in [-0.15, -0.1) is 0 Å². The van der Waals surface area contributed by atoms with Gasteiger partial charge in [-0.3, -0.25) is 9.59 Å². The molecule has 0 aliphatic heterocycles. The van der Waals surface area contributed by atoms with Crippen molar-refractivity contribution in [3.63, 3.8) is 0 Å². The van der Waals surface area contributed by atoms with Crippen molar-refractivity contribution in [2.24, 2.45) is 0 Å². The molecule has 0 aliphatic carbocycles. The molecular formula is C13H21N3O3. The van der Waals surface area contributed by atoms with Crippen LogP contribution in [0.15, 0.2) is 16.9 Å². The van der Waals surface area contributed by atoms with Crippen molar-refractivity contribution < 1.29 is 9.90 Å². The molecule has 2 N–H and O–H groups in total. The smallest absolute Gasteiger partial charge is 0.272 e. The Kier molecular flexibility index (Phi) is 5.23. The van der Waals surface area contributed by atoms with Crippen molar-refractivity contribution in [3.05, 3.63) is 28.2 Å². The molecule has 1 amide bonds. The van der Waals surface area contributed by atoms with E-state index in [-0.39, 0.29) is 23.8 Å². The fourth-order valence-corrected chi connectivity index (χ4v) is 1.66. The van der Waals surface area contributed by atoms with Crippen molar-refractivity contribution in [1.82, 2.24) is 15.1 Å². The molecule has 19 heavy (non-hydrogen) atoms. The van der Waals surface area contributed by atoms with E-state index in [0.717, 1.165) is 6.42 Å². The second-order valence-corrected chi connectivity index (χ2v) is 5.09. The van der Waals surface area contributed by atoms with Gasteiger partial charge in [0.2, 0.25) is 0 Å². The normalized spacial score (nSPS) is 11.4. The molecule has 1 aromatic rings. The second-order valence-electron chi connectivity index (χ2n) is 5.09. The van der Waals surface area contributed by atoms with Crippen LogP contribution in [0.1, 0.15) is 44.1 Å². The Bertz CT molecular complexity index is 494. The summed E-state index contributed by atoms with van der Waals surface area (Å²) in [6, 6.07) is 2.76. The number of hydrogen-bond donors (Lipinski definition) is 2. The number of rotatable bonds is 6. The van der Waals surface area contributed by atoms with Crippen molar-refractivity contribution in [3.8, 4) is 0 Å². The summed E-state index contributed by atoms with van der Waals surface area (Å²) in [4.78, 5) is 23.5. The molecule has 0 radical (unpaired) electrons. The van der Waals surface area contributed by atoms with Crippen molar-refractivity contribution >= 4 is 5.91 Å². The fourth-order valence-electron chi connectivity index (χ4n) is 1.66. The number of nitrogens with zero attached hydrogens (tertiary/aromatic N) is 2. The Morgan fingerprint density at radius 2 is 2.16 bits per heavy atom. The molecule has 0 bridgehead atoms. The highest BCUT2D eigenvalue weighted by Crippen LogP contribution is 2.08. The third-order valence-electron chi connectivity index (χ3n) is 2.72. The summed E-state index contributed by atoms with van der Waals surface area (Å²) in [5, 5.41) is 15.7. The molecule has 0 unspecified atom stereocenters. The lowest BCUT2D eigenvalue weighted by atomic mass is 10.0. The van der Waals surface area contributed by atoms with E-state index in [1.54, 1.807) is 0 Å². The van der Waals surface area contributed by atoms with Crippen molar-refractivity contribution in [2.75, 3.05) is 6.61 Å². The van der Waals surface area contributed by atoms with E-state index in [1.165, 1.54) is 16.8 Å². The maximum Gasteiger partial charge on any atom is 0.272 e. The Hall–Kier alpha value is -1.69. The summed E-state index contributed by atoms with van der Waals surface area (Å²) < 4.78 is 1.29. The average molecular weight is 267 g/mol. The number of aromatic nitrogens is 2. The van der Waals surface area contributed by atoms with Gasteiger partial charge in [0.1, 0.15) is 5.69 Å². The third-order valence-corrected chi connectivity index (χ3v) is 2.72. The van der Waals surface area contributed by atoms with E-state index in [2.05, 4.69) is 10.4 Å². The molecule has 1 rings (SSSR count). The van der Waals surface area contributed by atoms with E-state index in [9.17, 15) is 9.59 Å². The molecule has 0 saturated carbocycles. The zero-order valence-electron chi connectivity index (χ0n) is 11.6. The topological polar surface area (TPSA) is 84.2 Å². The zero-order chi connectivity index (χ0) is 14.5. The van der Waals surface area contributed by atoms with Crippen LogP contribution in [0.5, 0.6) is 0 Å². The van der Waals surface area contributed by atoms with Crippen LogP contribution in [0.2, 0.25) is 0 Å². The Labute approximate surface area is 112 Å². The molecule has 6 heteroatoms. The van der Waals surface area contributed by atoms with E-state index in [1.807, 2.05) is 20.8 Å². The summed E-state index contributed by atoms with van der Waals surface area (Å²) in [6.45, 7) is 6.06. The standard InChI is InChI=1S/C13H21N3O3/c1-4-8-16-11(18)6-5-10(15-16)12(19)14-13(2,3)7-9-17/h5-6,17H,4,7-9H2,1-3H3,(H,14,19). The van der Waals surface area contributed by atoms with Crippen LogP contribution >= 0.6 is 0 Å². The SMILES string of the molecule is CCCn1nc(C(=O)NC(C)(C)CCO)ccc1=O. The Morgan fingerprint density at radius 3 is 2.74 bits per heavy atom. The quantitative estimate of drug-likeness (QED) is 0.788. The van der Waals surface area contributed by atoms with Crippen LogP contribution in [0.4, 0.5) is 0 Å². The number of carbonyl (C=O) groups excluding carboxylic acids is 1. The van der Waals surface area contributed by atoms with Crippen LogP contribution in [0, 0.1) is 0 Å². The molecule has 0 fully saturated rings. The average Bonchev–Trinajstić information content (AvgIpc) is 2.31. The zero-order valence-corrected chi connectivity index (χ0v) is 11.6. The van der Waals surface area contributed by atoms with E-state index < -0.39 is 5.54 Å². The molecule has 0 atom stereocenters. The van der Waals surface area contributed by atoms with Gasteiger partial charge < -0.3 is 10.4 Å². The maximum absolute atomic E-state index is 12.0. The number of nitrogens with one attached hydrogen (secondary N) is 1. The molecule has 106 valence electrons. The fraction of sp³-hybridized carbons (Fsp3) is 0.615. The summed E-state index contributed by atoms with van der Waals surface area (Å²) in [5.74, 6) is -0.344. The molecule has 0 saturated heterocycles. The lowest BCUT2D eigenvalue weighted by molar-refractivity contribution is 0.0891. The number of aryl methyl sites for hydroxylation is 1. The van der Waals surface area contributed by atoms with Gasteiger partial charge in [-0.1, -0.05) is 6.92 Å². The minimum atomic E-state index is -0.515. The third kappa shape index (κ3) is 4.48. The van der Waals surface area contributed by atoms with Gasteiger partial charge in [0.25, 0.3) is 11.5 Å². The van der Waals surface area contributed by atoms with Crippen LogP contribution < -0.4 is 10.9 Å². The first-order valence-corrected chi connectivity index (χ1v) is 6.41. The first-order chi connectivity index (χ1) is 8.89. The molecule has 1 aromatic heterocycles. The van der Waals surface area contributed by atoms with Gasteiger partial charge >= 0.3 is 0 Å². The summed E-state index contributed by atoms with van der Waals surface area (Å²) in [7, 11) is 0. The predicted octanol–water partition coefficient (Wildman–Crippen LogP) is 0.544. The molecule has 0 aromatic carbocycles. The Morgan fingerprint density at radius 1 is 1.47 bits per heavy atom. The predicted molar refractivity (Wildman–Crippen MR) is 72.0 cm³/mol. The largest absolute Gasteiger partial charge is 0.396 e. The van der Waals surface area contributed by atoms with Crippen molar-refractivity contribution in [1.29, 1.82) is 0 Å². The van der Waals surface area contributed by atoms with E-state index in [4.69, 9.17) is 5.11 Å². The van der Waals surface area contributed by atoms with Gasteiger partial charge in [-0.2, -0.15) is 5.10 Å². The molecule has 0 aliphatic rings. The Balaban J connectivity index is 2.88. The maximum atomic E-state index is 12.0. The molecular weight excluding hydrogens is 246 g/mol. The first kappa shape index (κ1) is 15.4. The summed E-state index contributed by atoms with van der Waals surface area (Å²) in [6.07, 6.45) is 1.22. The monoisotopic (exact) mass is 267 g/mol. The first-order valence-electron chi connectivity index (χ1n) is 6.41. The summed E-state index contributed by atoms with van der Waals surface area (Å²) >= 11 is 0. The number of hydrogen-bond acceptors (Lipinski definition) is 4. The van der Waals surface area contributed by atoms with Crippen LogP contribution in [-0.4, -0.2) is 32.9 Å². The minimum Gasteiger partial charge on any atom is -0.396 e. The highest BCUT2D eigenvalue weighted by atomic mass is 16.3. The van der Waals surface area contributed by atoms with E-state index in [0.29, 0.717) is 13.0 Å². The molecule has 1 heterocycles. The van der Waals surface area contributed by atoms with Crippen LogP contribution in [-0.2, 0) is 6.54 Å². The highest BCUT2D eigenvalue weighted by Gasteiger charge is 2.21. The number of aliphatic hydroxyl groups is 1. The highest BCUT2D eigenvalue weighted by molar-refractivity contribution is 5.92. The lowest BCUT2D eigenvalue weighted by Gasteiger charge is -2.25. The van der Waals surface area contributed by atoms with Crippen LogP contribution in [0.3, 0.4) is 0 Å². The molecule has 6 nitrogen and oxygen atoms in total. The van der Waals surface area contributed by atoms with Gasteiger partial charge in [-0.05, 0) is 32.8 Å². The lowest BCUT2D eigenvalue weighted by Crippen LogP contribution is -2.44. The van der Waals surface area contributed by atoms with E-state index >= 15 is 0 Å². The van der Waals surface area contributed by atoms with Gasteiger partial charge in [0, 0.05) is 24.8 Å². The number of carbonyl (C=O) groups is 1. The second kappa shape index (κ2) is 6.47. The van der Waals surface area contributed by atoms with Crippen molar-refractivity contribution in [2.45, 2.75) is 45.7 Å². The summed E-state index contributed by atoms with van der Waals surface area (Å²) in [5.41, 5.74) is -0.522. The van der Waals surface area contributed by atoms with Crippen LogP contribution in [0.25, 0.3) is 0 Å². The van der Waals surface area contributed by atoms with Gasteiger partial charge in [0.15, 0.2) is 0 Å². The number of amides is 1.